The molecule has 1 aromatic carbocycles. The van der Waals surface area contributed by atoms with Gasteiger partial charge in [0.15, 0.2) is 5.82 Å². The predicted molar refractivity (Wildman–Crippen MR) is 117 cm³/mol. The maximum Gasteiger partial charge on any atom is 0.255 e. The molecule has 1 aliphatic heterocycles. The number of carbonyl (C=O) groups is 1. The predicted octanol–water partition coefficient (Wildman–Crippen LogP) is 4.16. The minimum Gasteiger partial charge on any atom is -0.365 e. The van der Waals surface area contributed by atoms with Crippen molar-refractivity contribution in [2.24, 2.45) is 11.3 Å². The molecule has 2 saturated carbocycles. The first-order chi connectivity index (χ1) is 15.0. The lowest BCUT2D eigenvalue weighted by molar-refractivity contribution is 0.0472. The van der Waals surface area contributed by atoms with E-state index in [1.807, 2.05) is 17.0 Å². The van der Waals surface area contributed by atoms with Gasteiger partial charge in [0.2, 0.25) is 0 Å². The number of hydrogen-bond acceptors (Lipinski definition) is 5. The van der Waals surface area contributed by atoms with Gasteiger partial charge in [0.25, 0.3) is 5.91 Å². The molecule has 4 unspecified atom stereocenters. The molecule has 4 atom stereocenters. The summed E-state index contributed by atoms with van der Waals surface area (Å²) in [6, 6.07) is 10.1. The van der Waals surface area contributed by atoms with Crippen molar-refractivity contribution in [1.82, 2.24) is 19.9 Å². The largest absolute Gasteiger partial charge is 0.365 e. The lowest BCUT2D eigenvalue weighted by atomic mass is 9.71. The molecule has 2 aromatic heterocycles. The number of nitrogens with zero attached hydrogens (tertiary/aromatic N) is 4. The lowest BCUT2D eigenvalue weighted by Gasteiger charge is -2.48. The zero-order valence-corrected chi connectivity index (χ0v) is 18.1. The van der Waals surface area contributed by atoms with Crippen LogP contribution in [0.15, 0.2) is 59.5 Å². The van der Waals surface area contributed by atoms with Gasteiger partial charge >= 0.3 is 0 Å². The van der Waals surface area contributed by atoms with E-state index in [9.17, 15) is 9.18 Å². The molecule has 3 aliphatic rings. The van der Waals surface area contributed by atoms with E-state index in [2.05, 4.69) is 36.2 Å². The van der Waals surface area contributed by atoms with Crippen LogP contribution in [-0.4, -0.2) is 44.4 Å². The molecule has 2 aliphatic carbocycles. The topological polar surface area (TPSA) is 71.0 Å². The summed E-state index contributed by atoms with van der Waals surface area (Å²) in [6.07, 6.45) is 7.19. The number of pyridine rings is 1. The quantitative estimate of drug-likeness (QED) is 0.608. The van der Waals surface area contributed by atoms with Crippen molar-refractivity contribution in [3.63, 3.8) is 0 Å². The molecule has 3 aromatic rings. The number of aromatic nitrogens is 3. The number of likely N-dealkylation sites (tertiary alicyclic amines) is 1. The average molecular weight is 480 g/mol. The Labute approximate surface area is 187 Å². The zero-order valence-electron chi connectivity index (χ0n) is 16.5. The lowest BCUT2D eigenvalue weighted by Crippen LogP contribution is -2.60. The van der Waals surface area contributed by atoms with Crippen LogP contribution in [0.3, 0.4) is 0 Å². The van der Waals surface area contributed by atoms with Crippen LogP contribution < -0.4 is 5.32 Å². The highest BCUT2D eigenvalue weighted by Gasteiger charge is 2.75. The number of piperidine rings is 1. The van der Waals surface area contributed by atoms with Gasteiger partial charge in [-0.15, -0.1) is 0 Å². The summed E-state index contributed by atoms with van der Waals surface area (Å²) in [6.45, 7) is 0.709. The summed E-state index contributed by atoms with van der Waals surface area (Å²) < 4.78 is 15.1. The van der Waals surface area contributed by atoms with Crippen molar-refractivity contribution in [3.8, 4) is 11.4 Å². The molecule has 8 heteroatoms. The molecule has 1 spiro atoms. The van der Waals surface area contributed by atoms with E-state index in [4.69, 9.17) is 0 Å². The molecule has 1 N–H and O–H groups in total. The van der Waals surface area contributed by atoms with Gasteiger partial charge in [0.05, 0.1) is 11.6 Å². The third-order valence-corrected chi connectivity index (χ3v) is 7.41. The average Bonchev–Trinajstić information content (AvgIpc) is 3.43. The molecule has 6 nitrogen and oxygen atoms in total. The van der Waals surface area contributed by atoms with Crippen LogP contribution in [-0.2, 0) is 0 Å². The summed E-state index contributed by atoms with van der Waals surface area (Å²) in [5.41, 5.74) is 1.08. The highest BCUT2D eigenvalue weighted by molar-refractivity contribution is 9.10. The molecular formula is C23H19BrFN5O. The van der Waals surface area contributed by atoms with Gasteiger partial charge < -0.3 is 10.2 Å². The Kier molecular flexibility index (Phi) is 4.15. The molecule has 31 heavy (non-hydrogen) atoms. The van der Waals surface area contributed by atoms with Gasteiger partial charge in [-0.3, -0.25) is 4.79 Å². The number of hydrogen-bond donors (Lipinski definition) is 1. The Morgan fingerprint density at radius 2 is 2.00 bits per heavy atom. The standard InChI is InChI=1S/C23H19BrFN5O/c24-14-2-5-19(28-11-14)29-18-10-23-9-13(23)12-30(20(18)23)22(31)17-8-15(25)3-4-16(17)21-26-6-1-7-27-21/h1-8,11,13,18,20H,9-10,12H2,(H,28,29). The van der Waals surface area contributed by atoms with Crippen LogP contribution in [0.5, 0.6) is 0 Å². The van der Waals surface area contributed by atoms with Gasteiger partial charge in [-0.05, 0) is 76.5 Å². The van der Waals surface area contributed by atoms with Crippen molar-refractivity contribution < 1.29 is 9.18 Å². The van der Waals surface area contributed by atoms with Gasteiger partial charge in [-0.2, -0.15) is 0 Å². The molecule has 0 radical (unpaired) electrons. The van der Waals surface area contributed by atoms with E-state index in [0.717, 1.165) is 23.1 Å². The molecule has 0 bridgehead atoms. The first-order valence-electron chi connectivity index (χ1n) is 10.3. The van der Waals surface area contributed by atoms with Crippen molar-refractivity contribution in [3.05, 3.63) is 70.8 Å². The summed E-state index contributed by atoms with van der Waals surface area (Å²) in [5, 5.41) is 3.50. The summed E-state index contributed by atoms with van der Waals surface area (Å²) >= 11 is 3.41. The Morgan fingerprint density at radius 3 is 2.77 bits per heavy atom. The Hall–Kier alpha value is -2.87. The van der Waals surface area contributed by atoms with E-state index < -0.39 is 5.82 Å². The fourth-order valence-electron chi connectivity index (χ4n) is 5.49. The van der Waals surface area contributed by atoms with E-state index in [1.165, 1.54) is 12.1 Å². The third-order valence-electron chi connectivity index (χ3n) is 6.94. The van der Waals surface area contributed by atoms with E-state index in [0.29, 0.717) is 29.4 Å². The number of carbonyl (C=O) groups excluding carboxylic acids is 1. The van der Waals surface area contributed by atoms with Crippen molar-refractivity contribution >= 4 is 27.7 Å². The maximum absolute atomic E-state index is 14.1. The second-order valence-corrected chi connectivity index (χ2v) is 9.53. The van der Waals surface area contributed by atoms with E-state index in [-0.39, 0.29) is 23.4 Å². The molecule has 6 rings (SSSR count). The molecule has 1 amide bonds. The first-order valence-corrected chi connectivity index (χ1v) is 11.1. The van der Waals surface area contributed by atoms with Gasteiger partial charge in [0.1, 0.15) is 11.6 Å². The van der Waals surface area contributed by atoms with Crippen LogP contribution in [0.4, 0.5) is 10.2 Å². The Bertz CT molecular complexity index is 1170. The maximum atomic E-state index is 14.1. The van der Waals surface area contributed by atoms with Crippen LogP contribution in [0.25, 0.3) is 11.4 Å². The minimum atomic E-state index is -0.440. The van der Waals surface area contributed by atoms with Gasteiger partial charge in [0, 0.05) is 41.2 Å². The number of benzene rings is 1. The monoisotopic (exact) mass is 479 g/mol. The summed E-state index contributed by atoms with van der Waals surface area (Å²) in [5.74, 6) is 1.15. The van der Waals surface area contributed by atoms with Crippen molar-refractivity contribution in [1.29, 1.82) is 0 Å². The van der Waals surface area contributed by atoms with Crippen molar-refractivity contribution in [2.45, 2.75) is 24.9 Å². The second-order valence-electron chi connectivity index (χ2n) is 8.62. The zero-order chi connectivity index (χ0) is 21.2. The second kappa shape index (κ2) is 6.82. The molecule has 156 valence electrons. The fraction of sp³-hybridized carbons (Fsp3) is 0.304. The summed E-state index contributed by atoms with van der Waals surface area (Å²) in [7, 11) is 0. The summed E-state index contributed by atoms with van der Waals surface area (Å²) in [4.78, 5) is 28.5. The van der Waals surface area contributed by atoms with E-state index >= 15 is 0 Å². The third kappa shape index (κ3) is 2.96. The normalized spacial score (nSPS) is 27.8. The Morgan fingerprint density at radius 1 is 1.16 bits per heavy atom. The number of nitrogens with one attached hydrogen (secondary N) is 1. The molecule has 1 saturated heterocycles. The SMILES string of the molecule is O=C(c1cc(F)ccc1-c1ncccn1)N1CC2CC23CC(Nc2ccc(Br)cn2)C13. The highest BCUT2D eigenvalue weighted by atomic mass is 79.9. The van der Waals surface area contributed by atoms with E-state index in [1.54, 1.807) is 30.7 Å². The highest BCUT2D eigenvalue weighted by Crippen LogP contribution is 2.71. The number of amides is 1. The Balaban J connectivity index is 1.31. The van der Waals surface area contributed by atoms with Crippen LogP contribution in [0.2, 0.25) is 0 Å². The minimum absolute atomic E-state index is 0.0863. The van der Waals surface area contributed by atoms with Gasteiger partial charge in [-0.25, -0.2) is 19.3 Å². The van der Waals surface area contributed by atoms with Gasteiger partial charge in [-0.1, -0.05) is 0 Å². The van der Waals surface area contributed by atoms with Crippen molar-refractivity contribution in [2.75, 3.05) is 11.9 Å². The van der Waals surface area contributed by atoms with Crippen LogP contribution in [0, 0.1) is 17.2 Å². The number of anilines is 1. The van der Waals surface area contributed by atoms with Crippen LogP contribution in [0.1, 0.15) is 23.2 Å². The molecular weight excluding hydrogens is 461 g/mol. The number of halogens is 2. The molecule has 3 fully saturated rings. The first kappa shape index (κ1) is 18.9. The van der Waals surface area contributed by atoms with Crippen LogP contribution >= 0.6 is 15.9 Å². The smallest absolute Gasteiger partial charge is 0.255 e. The fourth-order valence-corrected chi connectivity index (χ4v) is 5.73. The number of rotatable bonds is 4. The molecule has 3 heterocycles.